The highest BCUT2D eigenvalue weighted by Crippen LogP contribution is 2.24. The highest BCUT2D eigenvalue weighted by molar-refractivity contribution is 7.99. The predicted molar refractivity (Wildman–Crippen MR) is 84.4 cm³/mol. The summed E-state index contributed by atoms with van der Waals surface area (Å²) < 4.78 is 0. The number of rotatable bonds is 5. The van der Waals surface area contributed by atoms with Gasteiger partial charge in [0.25, 0.3) is 0 Å². The second-order valence-electron chi connectivity index (χ2n) is 4.13. The largest absolute Gasteiger partial charge is 0.326 e. The number of hydrogen-bond acceptors (Lipinski definition) is 4. The van der Waals surface area contributed by atoms with Crippen molar-refractivity contribution in [3.05, 3.63) is 53.2 Å². The van der Waals surface area contributed by atoms with E-state index in [0.29, 0.717) is 28.4 Å². The molecule has 1 heterocycles. The van der Waals surface area contributed by atoms with Crippen molar-refractivity contribution in [2.24, 2.45) is 0 Å². The number of anilines is 1. The molecule has 1 amide bonds. The van der Waals surface area contributed by atoms with Crippen molar-refractivity contribution in [1.82, 2.24) is 4.98 Å². The number of pyridine rings is 1. The number of amides is 1. The number of aromatic nitrogens is 1. The number of benzene rings is 1. The minimum absolute atomic E-state index is 0.0840. The predicted octanol–water partition coefficient (Wildman–Crippen LogP) is 3.73. The van der Waals surface area contributed by atoms with Crippen LogP contribution >= 0.6 is 23.4 Å². The van der Waals surface area contributed by atoms with Crippen molar-refractivity contribution >= 4 is 35.0 Å². The van der Waals surface area contributed by atoms with Crippen LogP contribution in [0.2, 0.25) is 5.02 Å². The van der Waals surface area contributed by atoms with Gasteiger partial charge in [-0.15, -0.1) is 11.8 Å². The summed E-state index contributed by atoms with van der Waals surface area (Å²) >= 11 is 7.43. The zero-order chi connectivity index (χ0) is 15.1. The highest BCUT2D eigenvalue weighted by Gasteiger charge is 2.05. The molecule has 2 rings (SSSR count). The van der Waals surface area contributed by atoms with Crippen molar-refractivity contribution in [2.45, 2.75) is 11.4 Å². The minimum atomic E-state index is -0.0840. The smallest absolute Gasteiger partial charge is 0.225 e. The zero-order valence-electron chi connectivity index (χ0n) is 11.0. The van der Waals surface area contributed by atoms with E-state index < -0.39 is 0 Å². The van der Waals surface area contributed by atoms with Crippen LogP contribution in [-0.4, -0.2) is 16.6 Å². The molecule has 0 unspecified atom stereocenters. The molecule has 0 radical (unpaired) electrons. The number of nitrogens with one attached hydrogen (secondary N) is 1. The molecule has 0 saturated heterocycles. The fourth-order valence-corrected chi connectivity index (χ4v) is 2.68. The summed E-state index contributed by atoms with van der Waals surface area (Å²) in [5.74, 6) is 0.512. The number of carbonyl (C=O) groups is 1. The van der Waals surface area contributed by atoms with E-state index in [1.165, 1.54) is 11.8 Å². The van der Waals surface area contributed by atoms with Crippen LogP contribution in [0, 0.1) is 11.3 Å². The van der Waals surface area contributed by atoms with E-state index in [-0.39, 0.29) is 5.91 Å². The number of hydrogen-bond donors (Lipinski definition) is 1. The third-order valence-corrected chi connectivity index (χ3v) is 4.01. The monoisotopic (exact) mass is 317 g/mol. The van der Waals surface area contributed by atoms with Crippen LogP contribution < -0.4 is 5.32 Å². The lowest BCUT2D eigenvalue weighted by atomic mass is 10.2. The van der Waals surface area contributed by atoms with Gasteiger partial charge in [-0.1, -0.05) is 11.6 Å². The van der Waals surface area contributed by atoms with Gasteiger partial charge in [-0.3, -0.25) is 4.79 Å². The average Bonchev–Trinajstić information content (AvgIpc) is 2.50. The summed E-state index contributed by atoms with van der Waals surface area (Å²) in [6, 6.07) is 12.3. The molecule has 106 valence electrons. The lowest BCUT2D eigenvalue weighted by Crippen LogP contribution is -2.12. The fourth-order valence-electron chi connectivity index (χ4n) is 1.57. The first-order valence-corrected chi connectivity index (χ1v) is 7.59. The van der Waals surface area contributed by atoms with Gasteiger partial charge in [-0.2, -0.15) is 5.26 Å². The molecule has 1 aromatic carbocycles. The van der Waals surface area contributed by atoms with Gasteiger partial charge in [0.05, 0.1) is 16.7 Å². The molecule has 0 bridgehead atoms. The van der Waals surface area contributed by atoms with Crippen LogP contribution in [0.25, 0.3) is 0 Å². The topological polar surface area (TPSA) is 65.8 Å². The third kappa shape index (κ3) is 4.78. The maximum atomic E-state index is 11.8. The Balaban J connectivity index is 1.80. The Labute approximate surface area is 132 Å². The molecule has 0 atom stereocenters. The summed E-state index contributed by atoms with van der Waals surface area (Å²) in [5.41, 5.74) is 1.24. The van der Waals surface area contributed by atoms with Gasteiger partial charge >= 0.3 is 0 Å². The van der Waals surface area contributed by atoms with Gasteiger partial charge < -0.3 is 5.32 Å². The number of thioether (sulfide) groups is 1. The van der Waals surface area contributed by atoms with Crippen LogP contribution in [-0.2, 0) is 4.79 Å². The summed E-state index contributed by atoms with van der Waals surface area (Å²) in [6.07, 6.45) is 2.03. The van der Waals surface area contributed by atoms with E-state index >= 15 is 0 Å². The zero-order valence-corrected chi connectivity index (χ0v) is 12.6. The molecule has 21 heavy (non-hydrogen) atoms. The Morgan fingerprint density at radius 1 is 1.33 bits per heavy atom. The van der Waals surface area contributed by atoms with Crippen LogP contribution in [0.15, 0.2) is 47.6 Å². The Hall–Kier alpha value is -2.03. The molecule has 0 aliphatic carbocycles. The Morgan fingerprint density at radius 3 is 2.76 bits per heavy atom. The van der Waals surface area contributed by atoms with E-state index in [0.717, 1.165) is 5.03 Å². The normalized spacial score (nSPS) is 9.90. The molecule has 2 aromatic rings. The maximum absolute atomic E-state index is 11.8. The average molecular weight is 318 g/mol. The molecule has 0 aliphatic rings. The first kappa shape index (κ1) is 15.4. The first-order valence-electron chi connectivity index (χ1n) is 6.22. The van der Waals surface area contributed by atoms with Crippen molar-refractivity contribution in [1.29, 1.82) is 5.26 Å². The lowest BCUT2D eigenvalue weighted by molar-refractivity contribution is -0.115. The van der Waals surface area contributed by atoms with Crippen molar-refractivity contribution in [3.63, 3.8) is 0 Å². The van der Waals surface area contributed by atoms with E-state index in [2.05, 4.69) is 10.3 Å². The summed E-state index contributed by atoms with van der Waals surface area (Å²) in [4.78, 5) is 15.9. The number of halogens is 1. The quantitative estimate of drug-likeness (QED) is 0.853. The molecule has 0 fully saturated rings. The molecular formula is C15H12ClN3OS. The van der Waals surface area contributed by atoms with Gasteiger partial charge in [0.1, 0.15) is 5.03 Å². The maximum Gasteiger partial charge on any atom is 0.225 e. The van der Waals surface area contributed by atoms with Crippen LogP contribution in [0.4, 0.5) is 5.69 Å². The van der Waals surface area contributed by atoms with E-state index in [1.807, 2.05) is 6.07 Å². The Morgan fingerprint density at radius 2 is 2.10 bits per heavy atom. The third-order valence-electron chi connectivity index (χ3n) is 2.59. The van der Waals surface area contributed by atoms with Gasteiger partial charge in [-0.05, 0) is 36.4 Å². The molecule has 4 nitrogen and oxygen atoms in total. The van der Waals surface area contributed by atoms with Crippen LogP contribution in [0.1, 0.15) is 12.0 Å². The second-order valence-corrected chi connectivity index (χ2v) is 5.62. The molecule has 0 spiro atoms. The fraction of sp³-hybridized carbons (Fsp3) is 0.133. The SMILES string of the molecule is N#Cc1ccc(NC(=O)CCSc2ncccc2Cl)cc1. The number of carbonyl (C=O) groups excluding carboxylic acids is 1. The lowest BCUT2D eigenvalue weighted by Gasteiger charge is -2.05. The number of nitriles is 1. The van der Waals surface area contributed by atoms with Crippen LogP contribution in [0.5, 0.6) is 0 Å². The Bertz CT molecular complexity index is 667. The summed E-state index contributed by atoms with van der Waals surface area (Å²) in [7, 11) is 0. The standard InChI is InChI=1S/C15H12ClN3OS/c16-13-2-1-8-18-15(13)21-9-7-14(20)19-12-5-3-11(10-17)4-6-12/h1-6,8H,7,9H2,(H,19,20). The van der Waals surface area contributed by atoms with E-state index in [4.69, 9.17) is 16.9 Å². The minimum Gasteiger partial charge on any atom is -0.326 e. The van der Waals surface area contributed by atoms with Gasteiger partial charge in [-0.25, -0.2) is 4.98 Å². The van der Waals surface area contributed by atoms with Gasteiger partial charge in [0.15, 0.2) is 0 Å². The summed E-state index contributed by atoms with van der Waals surface area (Å²) in [5, 5.41) is 12.8. The van der Waals surface area contributed by atoms with E-state index in [1.54, 1.807) is 42.6 Å². The molecule has 0 aliphatic heterocycles. The molecular weight excluding hydrogens is 306 g/mol. The molecule has 1 aromatic heterocycles. The van der Waals surface area contributed by atoms with E-state index in [9.17, 15) is 4.79 Å². The molecule has 1 N–H and O–H groups in total. The van der Waals surface area contributed by atoms with Gasteiger partial charge in [0.2, 0.25) is 5.91 Å². The summed E-state index contributed by atoms with van der Waals surface area (Å²) in [6.45, 7) is 0. The van der Waals surface area contributed by atoms with Crippen molar-refractivity contribution < 1.29 is 4.79 Å². The molecule has 6 heteroatoms. The Kier molecular flexibility index (Phi) is 5.61. The molecule has 0 saturated carbocycles. The van der Waals surface area contributed by atoms with Gasteiger partial charge in [0, 0.05) is 24.1 Å². The first-order chi connectivity index (χ1) is 10.2. The van der Waals surface area contributed by atoms with Crippen LogP contribution in [0.3, 0.4) is 0 Å². The second kappa shape index (κ2) is 7.67. The number of nitrogens with zero attached hydrogens (tertiary/aromatic N) is 2. The van der Waals surface area contributed by atoms with Crippen molar-refractivity contribution in [3.8, 4) is 6.07 Å². The highest BCUT2D eigenvalue weighted by atomic mass is 35.5. The van der Waals surface area contributed by atoms with Crippen molar-refractivity contribution in [2.75, 3.05) is 11.1 Å².